The quantitative estimate of drug-likeness (QED) is 0.883. The fourth-order valence-electron chi connectivity index (χ4n) is 1.65. The van der Waals surface area contributed by atoms with Gasteiger partial charge in [0.1, 0.15) is 5.76 Å². The number of aromatic nitrogens is 1. The Labute approximate surface area is 105 Å². The Bertz CT molecular complexity index is 523. The van der Waals surface area contributed by atoms with Crippen LogP contribution in [0.4, 0.5) is 0 Å². The van der Waals surface area contributed by atoms with Crippen LogP contribution in [0.5, 0.6) is 0 Å². The Hall–Kier alpha value is -2.14. The minimum absolute atomic E-state index is 0.0801. The molecule has 0 fully saturated rings. The highest BCUT2D eigenvalue weighted by molar-refractivity contribution is 5.94. The summed E-state index contributed by atoms with van der Waals surface area (Å²) in [5.41, 5.74) is 6.79. The molecule has 0 unspecified atom stereocenters. The smallest absolute Gasteiger partial charge is 0.254 e. The van der Waals surface area contributed by atoms with Crippen molar-refractivity contribution >= 4 is 5.91 Å². The Morgan fingerprint density at radius 1 is 1.50 bits per heavy atom. The molecule has 2 N–H and O–H groups in total. The molecule has 0 saturated heterocycles. The van der Waals surface area contributed by atoms with Gasteiger partial charge in [0.15, 0.2) is 0 Å². The van der Waals surface area contributed by atoms with Gasteiger partial charge in [-0.25, -0.2) is 0 Å². The van der Waals surface area contributed by atoms with Crippen LogP contribution in [0.2, 0.25) is 0 Å². The number of pyridine rings is 1. The average Bonchev–Trinajstić information content (AvgIpc) is 2.90. The lowest BCUT2D eigenvalue weighted by molar-refractivity contribution is 0.0775. The number of nitrogens with zero attached hydrogens (tertiary/aromatic N) is 2. The molecule has 0 atom stereocenters. The van der Waals surface area contributed by atoms with Crippen molar-refractivity contribution in [3.8, 4) is 0 Å². The minimum atomic E-state index is -0.0801. The maximum Gasteiger partial charge on any atom is 0.254 e. The average molecular weight is 245 g/mol. The van der Waals surface area contributed by atoms with Gasteiger partial charge >= 0.3 is 0 Å². The Morgan fingerprint density at radius 2 is 2.33 bits per heavy atom. The SMILES string of the molecule is CN(Cc1ccco1)C(=O)c1ccnc(CN)c1. The lowest BCUT2D eigenvalue weighted by atomic mass is 10.2. The van der Waals surface area contributed by atoms with Crippen molar-refractivity contribution in [1.29, 1.82) is 0 Å². The van der Waals surface area contributed by atoms with Crippen molar-refractivity contribution in [2.24, 2.45) is 5.73 Å². The molecule has 2 aromatic rings. The van der Waals surface area contributed by atoms with Crippen molar-refractivity contribution < 1.29 is 9.21 Å². The van der Waals surface area contributed by atoms with E-state index in [4.69, 9.17) is 10.2 Å². The van der Waals surface area contributed by atoms with Crippen LogP contribution < -0.4 is 5.73 Å². The summed E-state index contributed by atoms with van der Waals surface area (Å²) in [6.07, 6.45) is 3.18. The first-order valence-corrected chi connectivity index (χ1v) is 5.63. The van der Waals surface area contributed by atoms with E-state index in [1.165, 1.54) is 0 Å². The van der Waals surface area contributed by atoms with E-state index in [0.717, 1.165) is 5.76 Å². The summed E-state index contributed by atoms with van der Waals surface area (Å²) in [6, 6.07) is 7.02. The second-order valence-electron chi connectivity index (χ2n) is 3.98. The van der Waals surface area contributed by atoms with E-state index in [2.05, 4.69) is 4.98 Å². The van der Waals surface area contributed by atoms with Crippen LogP contribution in [0.25, 0.3) is 0 Å². The van der Waals surface area contributed by atoms with Crippen LogP contribution in [0.3, 0.4) is 0 Å². The first-order valence-electron chi connectivity index (χ1n) is 5.63. The summed E-state index contributed by atoms with van der Waals surface area (Å²) >= 11 is 0. The van der Waals surface area contributed by atoms with E-state index < -0.39 is 0 Å². The van der Waals surface area contributed by atoms with Gasteiger partial charge in [0.2, 0.25) is 0 Å². The Balaban J connectivity index is 2.10. The fourth-order valence-corrected chi connectivity index (χ4v) is 1.65. The second kappa shape index (κ2) is 5.46. The van der Waals surface area contributed by atoms with Gasteiger partial charge in [-0.05, 0) is 24.3 Å². The Morgan fingerprint density at radius 3 is 3.00 bits per heavy atom. The van der Waals surface area contributed by atoms with E-state index in [-0.39, 0.29) is 5.91 Å². The van der Waals surface area contributed by atoms with Gasteiger partial charge in [0.05, 0.1) is 18.5 Å². The highest BCUT2D eigenvalue weighted by Crippen LogP contribution is 2.09. The third kappa shape index (κ3) is 2.75. The molecule has 0 bridgehead atoms. The molecule has 0 radical (unpaired) electrons. The molecule has 0 aliphatic carbocycles. The van der Waals surface area contributed by atoms with Gasteiger partial charge in [-0.3, -0.25) is 9.78 Å². The Kier molecular flexibility index (Phi) is 3.74. The van der Waals surface area contributed by atoms with Gasteiger partial charge in [0.25, 0.3) is 5.91 Å². The molecule has 2 aromatic heterocycles. The number of hydrogen-bond donors (Lipinski definition) is 1. The summed E-state index contributed by atoms with van der Waals surface area (Å²) in [7, 11) is 1.73. The van der Waals surface area contributed by atoms with E-state index in [9.17, 15) is 4.79 Å². The molecule has 2 heterocycles. The van der Waals surface area contributed by atoms with E-state index in [1.54, 1.807) is 42.6 Å². The molecule has 0 aliphatic rings. The molecule has 0 spiro atoms. The van der Waals surface area contributed by atoms with Gasteiger partial charge in [-0.1, -0.05) is 0 Å². The van der Waals surface area contributed by atoms with Crippen molar-refractivity contribution in [3.63, 3.8) is 0 Å². The normalized spacial score (nSPS) is 10.3. The third-order valence-corrected chi connectivity index (χ3v) is 2.59. The maximum absolute atomic E-state index is 12.2. The van der Waals surface area contributed by atoms with Crippen LogP contribution in [-0.4, -0.2) is 22.8 Å². The van der Waals surface area contributed by atoms with Crippen LogP contribution in [-0.2, 0) is 13.1 Å². The van der Waals surface area contributed by atoms with Crippen molar-refractivity contribution in [3.05, 3.63) is 53.7 Å². The molecule has 0 aromatic carbocycles. The second-order valence-corrected chi connectivity index (χ2v) is 3.98. The minimum Gasteiger partial charge on any atom is -0.467 e. The first kappa shape index (κ1) is 12.3. The summed E-state index contributed by atoms with van der Waals surface area (Å²) in [5.74, 6) is 0.669. The molecule has 1 amide bonds. The number of amides is 1. The maximum atomic E-state index is 12.2. The van der Waals surface area contributed by atoms with Crippen molar-refractivity contribution in [1.82, 2.24) is 9.88 Å². The number of hydrogen-bond acceptors (Lipinski definition) is 4. The molecule has 2 rings (SSSR count). The van der Waals surface area contributed by atoms with Crippen LogP contribution >= 0.6 is 0 Å². The third-order valence-electron chi connectivity index (χ3n) is 2.59. The van der Waals surface area contributed by atoms with E-state index in [0.29, 0.717) is 24.3 Å². The summed E-state index contributed by atoms with van der Waals surface area (Å²) in [4.78, 5) is 17.8. The molecule has 18 heavy (non-hydrogen) atoms. The monoisotopic (exact) mass is 245 g/mol. The summed E-state index contributed by atoms with van der Waals surface area (Å²) in [5, 5.41) is 0. The van der Waals surface area contributed by atoms with Gasteiger partial charge in [-0.2, -0.15) is 0 Å². The standard InChI is InChI=1S/C13H15N3O2/c1-16(9-12-3-2-6-18-12)13(17)10-4-5-15-11(7-10)8-14/h2-7H,8-9,14H2,1H3. The number of rotatable bonds is 4. The highest BCUT2D eigenvalue weighted by Gasteiger charge is 2.13. The molecule has 0 saturated carbocycles. The number of furan rings is 1. The molecule has 94 valence electrons. The molecular weight excluding hydrogens is 230 g/mol. The van der Waals surface area contributed by atoms with E-state index in [1.807, 2.05) is 6.07 Å². The predicted octanol–water partition coefficient (Wildman–Crippen LogP) is 1.41. The summed E-state index contributed by atoms with van der Waals surface area (Å²) < 4.78 is 5.21. The zero-order chi connectivity index (χ0) is 13.0. The van der Waals surface area contributed by atoms with Gasteiger partial charge in [0, 0.05) is 25.4 Å². The zero-order valence-corrected chi connectivity index (χ0v) is 10.2. The largest absolute Gasteiger partial charge is 0.467 e. The predicted molar refractivity (Wildman–Crippen MR) is 66.6 cm³/mol. The lowest BCUT2D eigenvalue weighted by Gasteiger charge is -2.15. The molecular formula is C13H15N3O2. The lowest BCUT2D eigenvalue weighted by Crippen LogP contribution is -2.26. The molecule has 0 aliphatic heterocycles. The van der Waals surface area contributed by atoms with E-state index >= 15 is 0 Å². The van der Waals surface area contributed by atoms with Crippen LogP contribution in [0.1, 0.15) is 21.8 Å². The first-order chi connectivity index (χ1) is 8.70. The zero-order valence-electron chi connectivity index (χ0n) is 10.2. The van der Waals surface area contributed by atoms with Gasteiger partial charge in [-0.15, -0.1) is 0 Å². The van der Waals surface area contributed by atoms with Crippen molar-refractivity contribution in [2.75, 3.05) is 7.05 Å². The number of nitrogens with two attached hydrogens (primary N) is 1. The highest BCUT2D eigenvalue weighted by atomic mass is 16.3. The molecule has 5 nitrogen and oxygen atoms in total. The molecule has 5 heteroatoms. The van der Waals surface area contributed by atoms with Crippen LogP contribution in [0, 0.1) is 0 Å². The number of carbonyl (C=O) groups is 1. The van der Waals surface area contributed by atoms with Crippen molar-refractivity contribution in [2.45, 2.75) is 13.1 Å². The number of carbonyl (C=O) groups excluding carboxylic acids is 1. The topological polar surface area (TPSA) is 72.4 Å². The van der Waals surface area contributed by atoms with Crippen LogP contribution in [0.15, 0.2) is 41.1 Å². The summed E-state index contributed by atoms with van der Waals surface area (Å²) in [6.45, 7) is 0.759. The fraction of sp³-hybridized carbons (Fsp3) is 0.231. The van der Waals surface area contributed by atoms with Gasteiger partial charge < -0.3 is 15.1 Å².